The topological polar surface area (TPSA) is 56.5 Å². The van der Waals surface area contributed by atoms with Gasteiger partial charge in [-0.05, 0) is 19.9 Å². The zero-order valence-electron chi connectivity index (χ0n) is 13.8. The maximum absolute atomic E-state index is 12.9. The minimum atomic E-state index is -0.594. The molecule has 1 heterocycles. The summed E-state index contributed by atoms with van der Waals surface area (Å²) in [4.78, 5) is 25.0. The van der Waals surface area contributed by atoms with Crippen LogP contribution >= 0.6 is 0 Å². The molecule has 3 aromatic rings. The Labute approximate surface area is 140 Å². The molecule has 0 saturated carbocycles. The van der Waals surface area contributed by atoms with Crippen molar-refractivity contribution < 1.29 is 18.7 Å². The molecular formula is C20H18O4. The van der Waals surface area contributed by atoms with Crippen molar-refractivity contribution in [2.45, 2.75) is 19.8 Å². The summed E-state index contributed by atoms with van der Waals surface area (Å²) in [5, 5.41) is 0.755. The smallest absolute Gasteiger partial charge is 0.313 e. The molecule has 0 aliphatic heterocycles. The predicted molar refractivity (Wildman–Crippen MR) is 91.3 cm³/mol. The molecule has 2 aromatic carbocycles. The van der Waals surface area contributed by atoms with E-state index in [-0.39, 0.29) is 11.5 Å². The van der Waals surface area contributed by atoms with Gasteiger partial charge in [0.15, 0.2) is 5.76 Å². The fourth-order valence-electron chi connectivity index (χ4n) is 2.79. The van der Waals surface area contributed by atoms with E-state index in [1.54, 1.807) is 25.1 Å². The van der Waals surface area contributed by atoms with E-state index in [0.29, 0.717) is 16.7 Å². The van der Waals surface area contributed by atoms with E-state index in [4.69, 9.17) is 9.15 Å². The number of methoxy groups -OCH3 is 1. The first-order valence-electron chi connectivity index (χ1n) is 7.73. The molecule has 0 fully saturated rings. The Morgan fingerprint density at radius 1 is 1.04 bits per heavy atom. The van der Waals surface area contributed by atoms with Gasteiger partial charge in [0.25, 0.3) is 0 Å². The van der Waals surface area contributed by atoms with Crippen molar-refractivity contribution >= 4 is 22.7 Å². The summed E-state index contributed by atoms with van der Waals surface area (Å²) in [6.07, 6.45) is 0. The lowest BCUT2D eigenvalue weighted by molar-refractivity contribution is -0.141. The first-order valence-corrected chi connectivity index (χ1v) is 7.73. The number of benzene rings is 2. The van der Waals surface area contributed by atoms with E-state index in [1.807, 2.05) is 37.3 Å². The lowest BCUT2D eigenvalue weighted by Gasteiger charge is -2.10. The third-order valence-electron chi connectivity index (χ3n) is 4.14. The van der Waals surface area contributed by atoms with Crippen molar-refractivity contribution in [3.05, 3.63) is 71.0 Å². The standard InChI is InChI=1S/C20H18O4/c1-12-8-10-14(11-9-12)18(21)19-17(13(2)20(22)23-3)15-6-4-5-7-16(15)24-19/h4-11,13H,1-3H3. The number of rotatable bonds is 4. The molecule has 4 heteroatoms. The monoisotopic (exact) mass is 322 g/mol. The van der Waals surface area contributed by atoms with Gasteiger partial charge in [-0.1, -0.05) is 48.0 Å². The van der Waals surface area contributed by atoms with Gasteiger partial charge in [-0.15, -0.1) is 0 Å². The Hall–Kier alpha value is -2.88. The van der Waals surface area contributed by atoms with Crippen LogP contribution in [0.4, 0.5) is 0 Å². The number of furan rings is 1. The van der Waals surface area contributed by atoms with Crippen LogP contribution in [-0.4, -0.2) is 18.9 Å². The third-order valence-corrected chi connectivity index (χ3v) is 4.14. The Morgan fingerprint density at radius 3 is 2.38 bits per heavy atom. The van der Waals surface area contributed by atoms with Gasteiger partial charge in [0, 0.05) is 16.5 Å². The van der Waals surface area contributed by atoms with Crippen LogP contribution in [0.1, 0.15) is 40.1 Å². The van der Waals surface area contributed by atoms with Crippen LogP contribution in [0.3, 0.4) is 0 Å². The van der Waals surface area contributed by atoms with Crippen molar-refractivity contribution in [2.24, 2.45) is 0 Å². The van der Waals surface area contributed by atoms with Crippen LogP contribution in [-0.2, 0) is 9.53 Å². The van der Waals surface area contributed by atoms with Crippen molar-refractivity contribution in [2.75, 3.05) is 7.11 Å². The summed E-state index contributed by atoms with van der Waals surface area (Å²) < 4.78 is 10.7. The van der Waals surface area contributed by atoms with Crippen LogP contribution in [0.15, 0.2) is 52.9 Å². The van der Waals surface area contributed by atoms with E-state index in [2.05, 4.69) is 0 Å². The highest BCUT2D eigenvalue weighted by Crippen LogP contribution is 2.34. The summed E-state index contributed by atoms with van der Waals surface area (Å²) in [6, 6.07) is 14.6. The molecular weight excluding hydrogens is 304 g/mol. The zero-order valence-corrected chi connectivity index (χ0v) is 13.8. The van der Waals surface area contributed by atoms with Crippen LogP contribution in [0.25, 0.3) is 11.0 Å². The Bertz CT molecular complexity index is 903. The average Bonchev–Trinajstić information content (AvgIpc) is 2.99. The number of esters is 1. The fourth-order valence-corrected chi connectivity index (χ4v) is 2.79. The van der Waals surface area contributed by atoms with Crippen molar-refractivity contribution in [1.82, 2.24) is 0 Å². The van der Waals surface area contributed by atoms with E-state index >= 15 is 0 Å². The van der Waals surface area contributed by atoms with Crippen molar-refractivity contribution in [1.29, 1.82) is 0 Å². The van der Waals surface area contributed by atoms with Gasteiger partial charge in [0.1, 0.15) is 5.58 Å². The second-order valence-corrected chi connectivity index (χ2v) is 5.78. The minimum Gasteiger partial charge on any atom is -0.469 e. The second-order valence-electron chi connectivity index (χ2n) is 5.78. The maximum Gasteiger partial charge on any atom is 0.313 e. The number of carbonyl (C=O) groups is 2. The molecule has 0 spiro atoms. The van der Waals surface area contributed by atoms with E-state index in [9.17, 15) is 9.59 Å². The van der Waals surface area contributed by atoms with Crippen LogP contribution < -0.4 is 0 Å². The summed E-state index contributed by atoms with van der Waals surface area (Å²) in [6.45, 7) is 3.68. The van der Waals surface area contributed by atoms with Crippen LogP contribution in [0.5, 0.6) is 0 Å². The molecule has 4 nitrogen and oxygen atoms in total. The van der Waals surface area contributed by atoms with Gasteiger partial charge in [-0.2, -0.15) is 0 Å². The molecule has 0 bridgehead atoms. The molecule has 0 radical (unpaired) electrons. The van der Waals surface area contributed by atoms with E-state index in [0.717, 1.165) is 10.9 Å². The Kier molecular flexibility index (Phi) is 4.21. The molecule has 122 valence electrons. The van der Waals surface area contributed by atoms with E-state index < -0.39 is 11.9 Å². The molecule has 0 amide bonds. The number of ether oxygens (including phenoxy) is 1. The largest absolute Gasteiger partial charge is 0.469 e. The highest BCUT2D eigenvalue weighted by molar-refractivity contribution is 6.11. The number of hydrogen-bond donors (Lipinski definition) is 0. The molecule has 0 aliphatic carbocycles. The van der Waals surface area contributed by atoms with Crippen molar-refractivity contribution in [3.63, 3.8) is 0 Å². The van der Waals surface area contributed by atoms with Crippen LogP contribution in [0, 0.1) is 6.92 Å². The second kappa shape index (κ2) is 6.32. The third kappa shape index (κ3) is 2.71. The number of ketones is 1. The summed E-state index contributed by atoms with van der Waals surface area (Å²) in [5.41, 5.74) is 2.75. The first-order chi connectivity index (χ1) is 11.5. The highest BCUT2D eigenvalue weighted by atomic mass is 16.5. The van der Waals surface area contributed by atoms with E-state index in [1.165, 1.54) is 7.11 Å². The van der Waals surface area contributed by atoms with Gasteiger partial charge in [-0.3, -0.25) is 9.59 Å². The lowest BCUT2D eigenvalue weighted by Crippen LogP contribution is -2.14. The lowest BCUT2D eigenvalue weighted by atomic mass is 9.94. The molecule has 0 aliphatic rings. The molecule has 1 atom stereocenters. The first kappa shape index (κ1) is 16.0. The number of aryl methyl sites for hydroxylation is 1. The normalized spacial score (nSPS) is 12.1. The van der Waals surface area contributed by atoms with Gasteiger partial charge >= 0.3 is 5.97 Å². The maximum atomic E-state index is 12.9. The molecule has 0 N–H and O–H groups in total. The van der Waals surface area contributed by atoms with Gasteiger partial charge in [0.2, 0.25) is 5.78 Å². The van der Waals surface area contributed by atoms with Gasteiger partial charge in [-0.25, -0.2) is 0 Å². The summed E-state index contributed by atoms with van der Waals surface area (Å²) in [5.74, 6) is -1.04. The van der Waals surface area contributed by atoms with Gasteiger partial charge in [0.05, 0.1) is 13.0 Å². The van der Waals surface area contributed by atoms with Crippen molar-refractivity contribution in [3.8, 4) is 0 Å². The summed E-state index contributed by atoms with van der Waals surface area (Å²) >= 11 is 0. The Balaban J connectivity index is 2.18. The summed E-state index contributed by atoms with van der Waals surface area (Å²) in [7, 11) is 1.34. The predicted octanol–water partition coefficient (Wildman–Crippen LogP) is 4.25. The fraction of sp³-hybridized carbons (Fsp3) is 0.200. The highest BCUT2D eigenvalue weighted by Gasteiger charge is 2.29. The molecule has 0 saturated heterocycles. The minimum absolute atomic E-state index is 0.193. The van der Waals surface area contributed by atoms with Crippen LogP contribution in [0.2, 0.25) is 0 Å². The quantitative estimate of drug-likeness (QED) is 0.532. The average molecular weight is 322 g/mol. The molecule has 24 heavy (non-hydrogen) atoms. The number of hydrogen-bond acceptors (Lipinski definition) is 4. The molecule has 1 aromatic heterocycles. The molecule has 1 unspecified atom stereocenters. The molecule has 3 rings (SSSR count). The SMILES string of the molecule is COC(=O)C(C)c1c(C(=O)c2ccc(C)cc2)oc2ccccc12. The Morgan fingerprint density at radius 2 is 1.71 bits per heavy atom. The zero-order chi connectivity index (χ0) is 17.3. The number of carbonyl (C=O) groups excluding carboxylic acids is 2. The number of fused-ring (bicyclic) bond motifs is 1. The van der Waals surface area contributed by atoms with Gasteiger partial charge < -0.3 is 9.15 Å². The number of para-hydroxylation sites is 1.